The molecule has 1 atom stereocenters. The van der Waals surface area contributed by atoms with Crippen LogP contribution in [-0.2, 0) is 14.8 Å². The molecule has 1 heterocycles. The predicted octanol–water partition coefficient (Wildman–Crippen LogP) is 1.84. The highest BCUT2D eigenvalue weighted by atomic mass is 32.2. The van der Waals surface area contributed by atoms with E-state index in [1.54, 1.807) is 0 Å². The van der Waals surface area contributed by atoms with E-state index < -0.39 is 32.5 Å². The third kappa shape index (κ3) is 3.76. The Labute approximate surface area is 121 Å². The van der Waals surface area contributed by atoms with Gasteiger partial charge in [-0.3, -0.25) is 4.79 Å². The highest BCUT2D eigenvalue weighted by molar-refractivity contribution is 7.89. The van der Waals surface area contributed by atoms with E-state index >= 15 is 0 Å². The zero-order chi connectivity index (χ0) is 15.6. The molecule has 8 heteroatoms. The minimum absolute atomic E-state index is 0.0207. The molecule has 1 aromatic carbocycles. The van der Waals surface area contributed by atoms with Crippen molar-refractivity contribution in [3.63, 3.8) is 0 Å². The van der Waals surface area contributed by atoms with Gasteiger partial charge in [0.15, 0.2) is 0 Å². The van der Waals surface area contributed by atoms with Crippen LogP contribution in [0, 0.1) is 17.6 Å². The maximum atomic E-state index is 13.1. The van der Waals surface area contributed by atoms with Crippen molar-refractivity contribution in [3.05, 3.63) is 29.8 Å². The minimum atomic E-state index is -3.95. The van der Waals surface area contributed by atoms with Crippen LogP contribution in [0.25, 0.3) is 0 Å². The zero-order valence-electron chi connectivity index (χ0n) is 11.1. The Morgan fingerprint density at radius 3 is 2.48 bits per heavy atom. The fourth-order valence-corrected chi connectivity index (χ4v) is 3.98. The lowest BCUT2D eigenvalue weighted by atomic mass is 10.0. The second kappa shape index (κ2) is 6.07. The lowest BCUT2D eigenvalue weighted by Gasteiger charge is -2.16. The first kappa shape index (κ1) is 15.8. The number of carboxylic acids is 1. The summed E-state index contributed by atoms with van der Waals surface area (Å²) in [7, 11) is -3.95. The van der Waals surface area contributed by atoms with Crippen LogP contribution in [0.15, 0.2) is 23.1 Å². The third-order valence-electron chi connectivity index (χ3n) is 3.49. The van der Waals surface area contributed by atoms with Gasteiger partial charge in [-0.2, -0.15) is 4.31 Å². The maximum Gasteiger partial charge on any atom is 0.303 e. The fraction of sp³-hybridized carbons (Fsp3) is 0.462. The van der Waals surface area contributed by atoms with E-state index in [9.17, 15) is 22.0 Å². The Kier molecular flexibility index (Phi) is 4.58. The van der Waals surface area contributed by atoms with Crippen molar-refractivity contribution in [2.45, 2.75) is 24.2 Å². The van der Waals surface area contributed by atoms with Crippen molar-refractivity contribution in [3.8, 4) is 0 Å². The molecular weight excluding hydrogens is 304 g/mol. The summed E-state index contributed by atoms with van der Waals surface area (Å²) in [6.45, 7) is 0.401. The average molecular weight is 319 g/mol. The molecule has 0 aromatic heterocycles. The minimum Gasteiger partial charge on any atom is -0.481 e. The first-order valence-corrected chi connectivity index (χ1v) is 7.91. The van der Waals surface area contributed by atoms with Gasteiger partial charge in [0, 0.05) is 25.6 Å². The summed E-state index contributed by atoms with van der Waals surface area (Å²) in [5.41, 5.74) is 0. The Bertz CT molecular complexity index is 627. The largest absolute Gasteiger partial charge is 0.481 e. The van der Waals surface area contributed by atoms with Crippen molar-refractivity contribution in [2.75, 3.05) is 13.1 Å². The van der Waals surface area contributed by atoms with Crippen LogP contribution < -0.4 is 0 Å². The Morgan fingerprint density at radius 2 is 1.90 bits per heavy atom. The van der Waals surface area contributed by atoms with Crippen LogP contribution in [0.2, 0.25) is 0 Å². The lowest BCUT2D eigenvalue weighted by Crippen LogP contribution is -2.29. The Balaban J connectivity index is 2.12. The van der Waals surface area contributed by atoms with E-state index in [0.29, 0.717) is 18.9 Å². The lowest BCUT2D eigenvalue weighted by molar-refractivity contribution is -0.137. The van der Waals surface area contributed by atoms with Gasteiger partial charge in [0.2, 0.25) is 10.0 Å². The molecule has 1 aliphatic rings. The van der Waals surface area contributed by atoms with E-state index in [-0.39, 0.29) is 25.4 Å². The van der Waals surface area contributed by atoms with Crippen LogP contribution in [0.3, 0.4) is 0 Å². The van der Waals surface area contributed by atoms with E-state index in [4.69, 9.17) is 5.11 Å². The molecule has 0 amide bonds. The fourth-order valence-electron chi connectivity index (χ4n) is 2.41. The summed E-state index contributed by atoms with van der Waals surface area (Å²) in [5.74, 6) is -2.87. The average Bonchev–Trinajstić information content (AvgIpc) is 2.84. The van der Waals surface area contributed by atoms with E-state index in [1.807, 2.05) is 0 Å². The molecule has 0 bridgehead atoms. The molecule has 1 aromatic rings. The molecule has 116 valence electrons. The van der Waals surface area contributed by atoms with Gasteiger partial charge in [-0.25, -0.2) is 17.2 Å². The van der Waals surface area contributed by atoms with Gasteiger partial charge in [0.05, 0.1) is 4.90 Å². The number of hydrogen-bond donors (Lipinski definition) is 1. The van der Waals surface area contributed by atoms with Crippen molar-refractivity contribution in [1.29, 1.82) is 0 Å². The second-order valence-corrected chi connectivity index (χ2v) is 6.99. The standard InChI is InChI=1S/C13H15F2NO4S/c14-10-5-11(15)7-12(6-10)21(19,20)16-4-3-9(8-16)1-2-13(17)18/h5-7,9H,1-4,8H2,(H,17,18). The van der Waals surface area contributed by atoms with Crippen LogP contribution in [-0.4, -0.2) is 36.9 Å². The molecule has 5 nitrogen and oxygen atoms in total. The molecular formula is C13H15F2NO4S. The molecule has 1 fully saturated rings. The zero-order valence-corrected chi connectivity index (χ0v) is 11.9. The maximum absolute atomic E-state index is 13.1. The summed E-state index contributed by atoms with van der Waals surface area (Å²) in [6.07, 6.45) is 0.913. The highest BCUT2D eigenvalue weighted by Crippen LogP contribution is 2.27. The van der Waals surface area contributed by atoms with Crippen LogP contribution in [0.4, 0.5) is 8.78 Å². The van der Waals surface area contributed by atoms with Gasteiger partial charge in [0.25, 0.3) is 0 Å². The van der Waals surface area contributed by atoms with Crippen LogP contribution in [0.5, 0.6) is 0 Å². The van der Waals surface area contributed by atoms with Crippen molar-refractivity contribution in [1.82, 2.24) is 4.31 Å². The topological polar surface area (TPSA) is 74.7 Å². The Morgan fingerprint density at radius 1 is 1.29 bits per heavy atom. The molecule has 2 rings (SSSR count). The summed E-state index contributed by atoms with van der Waals surface area (Å²) >= 11 is 0. The SMILES string of the molecule is O=C(O)CCC1CCN(S(=O)(=O)c2cc(F)cc(F)c2)C1. The summed E-state index contributed by atoms with van der Waals surface area (Å²) in [4.78, 5) is 10.1. The number of carboxylic acid groups (broad SMARTS) is 1. The molecule has 1 N–H and O–H groups in total. The van der Waals surface area contributed by atoms with Gasteiger partial charge in [-0.1, -0.05) is 0 Å². The number of rotatable bonds is 5. The molecule has 0 spiro atoms. The van der Waals surface area contributed by atoms with Gasteiger partial charge < -0.3 is 5.11 Å². The molecule has 1 aliphatic heterocycles. The van der Waals surface area contributed by atoms with Gasteiger partial charge in [0.1, 0.15) is 11.6 Å². The highest BCUT2D eigenvalue weighted by Gasteiger charge is 2.33. The van der Waals surface area contributed by atoms with E-state index in [1.165, 1.54) is 0 Å². The van der Waals surface area contributed by atoms with Gasteiger partial charge >= 0.3 is 5.97 Å². The number of halogens is 2. The van der Waals surface area contributed by atoms with Crippen LogP contribution in [0.1, 0.15) is 19.3 Å². The van der Waals surface area contributed by atoms with E-state index in [2.05, 4.69) is 0 Å². The van der Waals surface area contributed by atoms with Gasteiger partial charge in [-0.05, 0) is 30.9 Å². The Hall–Kier alpha value is -1.54. The summed E-state index contributed by atoms with van der Waals surface area (Å²) in [5, 5.41) is 8.62. The number of sulfonamides is 1. The number of hydrogen-bond acceptors (Lipinski definition) is 3. The van der Waals surface area contributed by atoms with E-state index in [0.717, 1.165) is 16.4 Å². The van der Waals surface area contributed by atoms with Crippen molar-refractivity contribution >= 4 is 16.0 Å². The number of nitrogens with zero attached hydrogens (tertiary/aromatic N) is 1. The third-order valence-corrected chi connectivity index (χ3v) is 5.33. The summed E-state index contributed by atoms with van der Waals surface area (Å²) < 4.78 is 52.0. The van der Waals surface area contributed by atoms with Crippen molar-refractivity contribution in [2.24, 2.45) is 5.92 Å². The normalized spacial score (nSPS) is 19.8. The van der Waals surface area contributed by atoms with Crippen molar-refractivity contribution < 1.29 is 27.1 Å². The molecule has 0 saturated carbocycles. The predicted molar refractivity (Wildman–Crippen MR) is 70.1 cm³/mol. The number of aliphatic carboxylic acids is 1. The molecule has 0 aliphatic carbocycles. The van der Waals surface area contributed by atoms with Crippen LogP contribution >= 0.6 is 0 Å². The molecule has 0 radical (unpaired) electrons. The smallest absolute Gasteiger partial charge is 0.303 e. The first-order chi connectivity index (χ1) is 9.79. The summed E-state index contributed by atoms with van der Waals surface area (Å²) in [6, 6.07) is 2.17. The molecule has 21 heavy (non-hydrogen) atoms. The quantitative estimate of drug-likeness (QED) is 0.898. The first-order valence-electron chi connectivity index (χ1n) is 6.47. The number of benzene rings is 1. The second-order valence-electron chi connectivity index (χ2n) is 5.06. The molecule has 1 saturated heterocycles. The number of carbonyl (C=O) groups is 1. The molecule has 1 unspecified atom stereocenters. The monoisotopic (exact) mass is 319 g/mol. The van der Waals surface area contributed by atoms with Gasteiger partial charge in [-0.15, -0.1) is 0 Å².